The third kappa shape index (κ3) is 2.54. The minimum absolute atomic E-state index is 0.917. The quantitative estimate of drug-likeness (QED) is 0.297. The molecule has 4 aromatic carbocycles. The SMILES string of the molecule is Brc1ccc(-c2ccccc2)cc1-c1ccc2c(c1)oc1ccccc12. The van der Waals surface area contributed by atoms with Gasteiger partial charge in [-0.3, -0.25) is 0 Å². The fraction of sp³-hybridized carbons (Fsp3) is 0. The van der Waals surface area contributed by atoms with E-state index in [1.165, 1.54) is 11.1 Å². The monoisotopic (exact) mass is 398 g/mol. The molecule has 1 nitrogen and oxygen atoms in total. The van der Waals surface area contributed by atoms with Crippen molar-refractivity contribution in [1.82, 2.24) is 0 Å². The minimum Gasteiger partial charge on any atom is -0.456 e. The van der Waals surface area contributed by atoms with Crippen LogP contribution in [0.3, 0.4) is 0 Å². The number of furan rings is 1. The van der Waals surface area contributed by atoms with E-state index in [0.717, 1.165) is 37.5 Å². The minimum atomic E-state index is 0.917. The molecule has 0 spiro atoms. The van der Waals surface area contributed by atoms with E-state index in [4.69, 9.17) is 4.42 Å². The van der Waals surface area contributed by atoms with E-state index in [2.05, 4.69) is 82.7 Å². The zero-order chi connectivity index (χ0) is 17.5. The lowest BCUT2D eigenvalue weighted by Crippen LogP contribution is -1.83. The molecular weight excluding hydrogens is 384 g/mol. The lowest BCUT2D eigenvalue weighted by Gasteiger charge is -2.09. The van der Waals surface area contributed by atoms with Crippen LogP contribution in [-0.2, 0) is 0 Å². The molecule has 0 saturated carbocycles. The Balaban J connectivity index is 1.68. The van der Waals surface area contributed by atoms with E-state index in [1.54, 1.807) is 0 Å². The first-order valence-corrected chi connectivity index (χ1v) is 9.35. The third-order valence-corrected chi connectivity index (χ3v) is 5.45. The predicted octanol–water partition coefficient (Wildman–Crippen LogP) is 7.68. The summed E-state index contributed by atoms with van der Waals surface area (Å²) in [6, 6.07) is 31.5. The average molecular weight is 399 g/mol. The van der Waals surface area contributed by atoms with Gasteiger partial charge in [0.2, 0.25) is 0 Å². The molecule has 0 aliphatic carbocycles. The number of rotatable bonds is 2. The highest BCUT2D eigenvalue weighted by molar-refractivity contribution is 9.10. The molecule has 1 aromatic heterocycles. The maximum atomic E-state index is 6.05. The topological polar surface area (TPSA) is 13.1 Å². The number of para-hydroxylation sites is 1. The third-order valence-electron chi connectivity index (χ3n) is 4.76. The summed E-state index contributed by atoms with van der Waals surface area (Å²) in [6.45, 7) is 0. The van der Waals surface area contributed by atoms with Crippen LogP contribution in [0.25, 0.3) is 44.2 Å². The fourth-order valence-electron chi connectivity index (χ4n) is 3.45. The lowest BCUT2D eigenvalue weighted by molar-refractivity contribution is 0.669. The molecule has 5 aromatic rings. The Morgan fingerprint density at radius 1 is 0.538 bits per heavy atom. The summed E-state index contributed by atoms with van der Waals surface area (Å²) in [6.07, 6.45) is 0. The van der Waals surface area contributed by atoms with Gasteiger partial charge in [-0.15, -0.1) is 0 Å². The van der Waals surface area contributed by atoms with Crippen molar-refractivity contribution in [3.63, 3.8) is 0 Å². The Bertz CT molecular complexity index is 1240. The molecule has 5 rings (SSSR count). The van der Waals surface area contributed by atoms with Crippen LogP contribution in [0.15, 0.2) is 99.9 Å². The van der Waals surface area contributed by atoms with E-state index in [1.807, 2.05) is 24.3 Å². The van der Waals surface area contributed by atoms with Crippen LogP contribution in [0.1, 0.15) is 0 Å². The van der Waals surface area contributed by atoms with Crippen molar-refractivity contribution in [3.8, 4) is 22.3 Å². The molecule has 0 unspecified atom stereocenters. The molecular formula is C24H15BrO. The highest BCUT2D eigenvalue weighted by Crippen LogP contribution is 2.36. The number of hydrogen-bond donors (Lipinski definition) is 0. The van der Waals surface area contributed by atoms with Gasteiger partial charge in [-0.05, 0) is 52.6 Å². The van der Waals surface area contributed by atoms with Gasteiger partial charge in [0.25, 0.3) is 0 Å². The van der Waals surface area contributed by atoms with Gasteiger partial charge in [0.05, 0.1) is 0 Å². The van der Waals surface area contributed by atoms with Crippen molar-refractivity contribution in [3.05, 3.63) is 95.5 Å². The summed E-state index contributed by atoms with van der Waals surface area (Å²) in [4.78, 5) is 0. The first-order chi connectivity index (χ1) is 12.8. The number of fused-ring (bicyclic) bond motifs is 3. The second kappa shape index (κ2) is 6.15. The molecule has 0 atom stereocenters. The average Bonchev–Trinajstić information content (AvgIpc) is 3.07. The Labute approximate surface area is 160 Å². The van der Waals surface area contributed by atoms with E-state index < -0.39 is 0 Å². The second-order valence-electron chi connectivity index (χ2n) is 6.37. The molecule has 1 heterocycles. The zero-order valence-electron chi connectivity index (χ0n) is 13.9. The van der Waals surface area contributed by atoms with Crippen LogP contribution in [0.4, 0.5) is 0 Å². The molecule has 0 amide bonds. The Kier molecular flexibility index (Phi) is 3.65. The Morgan fingerprint density at radius 3 is 2.15 bits per heavy atom. The summed E-state index contributed by atoms with van der Waals surface area (Å²) in [5.41, 5.74) is 6.56. The van der Waals surface area contributed by atoms with E-state index in [9.17, 15) is 0 Å². The molecule has 0 bridgehead atoms. The normalized spacial score (nSPS) is 11.3. The van der Waals surface area contributed by atoms with Crippen molar-refractivity contribution < 1.29 is 4.42 Å². The van der Waals surface area contributed by atoms with E-state index in [0.29, 0.717) is 0 Å². The van der Waals surface area contributed by atoms with Gasteiger partial charge in [0.1, 0.15) is 11.2 Å². The standard InChI is InChI=1S/C24H15BrO/c25-22-13-11-17(16-6-2-1-3-7-16)14-21(22)18-10-12-20-19-8-4-5-9-23(19)26-24(20)15-18/h1-15H. The molecule has 0 aliphatic rings. The van der Waals surface area contributed by atoms with E-state index >= 15 is 0 Å². The first kappa shape index (κ1) is 15.4. The summed E-state index contributed by atoms with van der Waals surface area (Å²) in [5.74, 6) is 0. The van der Waals surface area contributed by atoms with Crippen LogP contribution < -0.4 is 0 Å². The first-order valence-electron chi connectivity index (χ1n) is 8.56. The summed E-state index contributed by atoms with van der Waals surface area (Å²) >= 11 is 3.71. The van der Waals surface area contributed by atoms with E-state index in [-0.39, 0.29) is 0 Å². The summed E-state index contributed by atoms with van der Waals surface area (Å²) in [7, 11) is 0. The molecule has 26 heavy (non-hydrogen) atoms. The largest absolute Gasteiger partial charge is 0.456 e. The van der Waals surface area contributed by atoms with Gasteiger partial charge < -0.3 is 4.42 Å². The second-order valence-corrected chi connectivity index (χ2v) is 7.22. The van der Waals surface area contributed by atoms with Crippen LogP contribution in [0.5, 0.6) is 0 Å². The van der Waals surface area contributed by atoms with Crippen LogP contribution in [-0.4, -0.2) is 0 Å². The van der Waals surface area contributed by atoms with Crippen molar-refractivity contribution >= 4 is 37.9 Å². The maximum absolute atomic E-state index is 6.05. The summed E-state index contributed by atoms with van der Waals surface area (Å²) in [5, 5.41) is 2.31. The maximum Gasteiger partial charge on any atom is 0.136 e. The zero-order valence-corrected chi connectivity index (χ0v) is 15.5. The number of hydrogen-bond acceptors (Lipinski definition) is 1. The Hall–Kier alpha value is -2.84. The van der Waals surface area contributed by atoms with Crippen molar-refractivity contribution in [2.24, 2.45) is 0 Å². The fourth-order valence-corrected chi connectivity index (χ4v) is 3.93. The molecule has 0 aliphatic heterocycles. The van der Waals surface area contributed by atoms with Gasteiger partial charge in [0, 0.05) is 15.2 Å². The summed E-state index contributed by atoms with van der Waals surface area (Å²) < 4.78 is 7.13. The smallest absolute Gasteiger partial charge is 0.136 e. The van der Waals surface area contributed by atoms with Crippen LogP contribution >= 0.6 is 15.9 Å². The van der Waals surface area contributed by atoms with Gasteiger partial charge in [-0.2, -0.15) is 0 Å². The molecule has 0 radical (unpaired) electrons. The number of benzene rings is 4. The highest BCUT2D eigenvalue weighted by atomic mass is 79.9. The van der Waals surface area contributed by atoms with Gasteiger partial charge in [0.15, 0.2) is 0 Å². The predicted molar refractivity (Wildman–Crippen MR) is 112 cm³/mol. The van der Waals surface area contributed by atoms with Gasteiger partial charge in [-0.25, -0.2) is 0 Å². The molecule has 124 valence electrons. The van der Waals surface area contributed by atoms with Crippen LogP contribution in [0, 0.1) is 0 Å². The van der Waals surface area contributed by atoms with Crippen molar-refractivity contribution in [1.29, 1.82) is 0 Å². The Morgan fingerprint density at radius 2 is 1.27 bits per heavy atom. The van der Waals surface area contributed by atoms with Crippen LogP contribution in [0.2, 0.25) is 0 Å². The number of halogens is 1. The van der Waals surface area contributed by atoms with Crippen molar-refractivity contribution in [2.45, 2.75) is 0 Å². The van der Waals surface area contributed by atoms with Crippen molar-refractivity contribution in [2.75, 3.05) is 0 Å². The lowest BCUT2D eigenvalue weighted by atomic mass is 9.98. The molecule has 2 heteroatoms. The van der Waals surface area contributed by atoms with Gasteiger partial charge >= 0.3 is 0 Å². The van der Waals surface area contributed by atoms with Gasteiger partial charge in [-0.1, -0.05) is 76.6 Å². The molecule has 0 saturated heterocycles. The molecule has 0 N–H and O–H groups in total. The molecule has 0 fully saturated rings. The highest BCUT2D eigenvalue weighted by Gasteiger charge is 2.10.